The highest BCUT2D eigenvalue weighted by atomic mass is 32.2. The third-order valence-corrected chi connectivity index (χ3v) is 7.82. The molecule has 0 saturated carbocycles. The molecule has 178 valence electrons. The fraction of sp³-hybridized carbons (Fsp3) is 0.200. The summed E-state index contributed by atoms with van der Waals surface area (Å²) in [5.41, 5.74) is 4.88. The fourth-order valence-corrected chi connectivity index (χ4v) is 5.52. The minimum atomic E-state index is -3.67. The Morgan fingerprint density at radius 3 is 2.51 bits per heavy atom. The maximum absolute atomic E-state index is 12.7. The highest BCUT2D eigenvalue weighted by molar-refractivity contribution is 7.92. The molecule has 5 aromatic rings. The van der Waals surface area contributed by atoms with Gasteiger partial charge in [-0.2, -0.15) is 5.10 Å². The van der Waals surface area contributed by atoms with Crippen molar-refractivity contribution in [2.45, 2.75) is 4.90 Å². The predicted molar refractivity (Wildman–Crippen MR) is 138 cm³/mol. The normalized spacial score (nSPS) is 15.2. The molecule has 0 atom stereocenters. The monoisotopic (exact) mass is 487 g/mol. The van der Waals surface area contributed by atoms with Gasteiger partial charge in [-0.15, -0.1) is 0 Å². The lowest BCUT2D eigenvalue weighted by Gasteiger charge is -2.34. The number of anilines is 2. The van der Waals surface area contributed by atoms with Crippen LogP contribution in [0.1, 0.15) is 0 Å². The van der Waals surface area contributed by atoms with Crippen LogP contribution in [0.2, 0.25) is 0 Å². The lowest BCUT2D eigenvalue weighted by molar-refractivity contribution is 0.313. The van der Waals surface area contributed by atoms with E-state index in [4.69, 9.17) is 4.98 Å². The van der Waals surface area contributed by atoms with Crippen LogP contribution in [0.4, 0.5) is 11.4 Å². The number of nitrogens with zero attached hydrogens (tertiary/aromatic N) is 4. The van der Waals surface area contributed by atoms with Gasteiger partial charge in [-0.25, -0.2) is 13.4 Å². The third-order valence-electron chi connectivity index (χ3n) is 6.43. The molecule has 2 aromatic heterocycles. The van der Waals surface area contributed by atoms with E-state index < -0.39 is 10.0 Å². The number of hydrogen-bond acceptors (Lipinski definition) is 6. The Labute approximate surface area is 202 Å². The van der Waals surface area contributed by atoms with E-state index in [1.54, 1.807) is 42.5 Å². The molecular weight excluding hydrogens is 462 g/mol. The summed E-state index contributed by atoms with van der Waals surface area (Å²) in [6, 6.07) is 19.9. The second-order valence-corrected chi connectivity index (χ2v) is 10.5. The molecule has 0 bridgehead atoms. The Morgan fingerprint density at radius 2 is 1.71 bits per heavy atom. The number of aromatic amines is 2. The zero-order valence-corrected chi connectivity index (χ0v) is 20.0. The van der Waals surface area contributed by atoms with Crippen molar-refractivity contribution in [1.82, 2.24) is 25.1 Å². The van der Waals surface area contributed by atoms with Gasteiger partial charge in [-0.3, -0.25) is 9.82 Å². The Kier molecular flexibility index (Phi) is 5.19. The van der Waals surface area contributed by atoms with Crippen LogP contribution in [-0.4, -0.2) is 66.7 Å². The van der Waals surface area contributed by atoms with Gasteiger partial charge in [0.05, 0.1) is 27.1 Å². The van der Waals surface area contributed by atoms with Crippen molar-refractivity contribution in [2.75, 3.05) is 42.8 Å². The number of hydrogen-bond donors (Lipinski definition) is 3. The molecule has 6 rings (SSSR count). The largest absolute Gasteiger partial charge is 0.369 e. The minimum absolute atomic E-state index is 0.212. The molecule has 0 radical (unpaired) electrons. The van der Waals surface area contributed by atoms with Gasteiger partial charge in [0.15, 0.2) is 5.82 Å². The first-order valence-electron chi connectivity index (χ1n) is 11.5. The molecule has 3 N–H and O–H groups in total. The molecule has 10 heteroatoms. The number of aromatic nitrogens is 4. The van der Waals surface area contributed by atoms with Crippen LogP contribution in [0.15, 0.2) is 71.6 Å². The molecule has 1 saturated heterocycles. The summed E-state index contributed by atoms with van der Waals surface area (Å²) in [6.07, 6.45) is 0. The molecule has 0 amide bonds. The van der Waals surface area contributed by atoms with Crippen LogP contribution < -0.4 is 9.62 Å². The summed E-state index contributed by atoms with van der Waals surface area (Å²) in [6.45, 7) is 4.11. The van der Waals surface area contributed by atoms with Gasteiger partial charge in [0.2, 0.25) is 0 Å². The summed E-state index contributed by atoms with van der Waals surface area (Å²) in [7, 11) is -1.52. The molecule has 3 heterocycles. The van der Waals surface area contributed by atoms with Gasteiger partial charge in [0.1, 0.15) is 5.69 Å². The predicted octanol–water partition coefficient (Wildman–Crippen LogP) is 3.66. The first-order chi connectivity index (χ1) is 17.0. The van der Waals surface area contributed by atoms with Crippen LogP contribution in [0.3, 0.4) is 0 Å². The number of nitrogens with one attached hydrogen (secondary N) is 3. The number of sulfonamides is 1. The number of rotatable bonds is 5. The number of H-pyrrole nitrogens is 2. The Balaban J connectivity index is 1.28. The first kappa shape index (κ1) is 21.6. The zero-order chi connectivity index (χ0) is 24.0. The lowest BCUT2D eigenvalue weighted by atomic mass is 10.2. The summed E-state index contributed by atoms with van der Waals surface area (Å²) in [5.74, 6) is 0.666. The molecule has 0 spiro atoms. The van der Waals surface area contributed by atoms with Crippen molar-refractivity contribution in [2.24, 2.45) is 0 Å². The molecule has 9 nitrogen and oxygen atoms in total. The van der Waals surface area contributed by atoms with Crippen molar-refractivity contribution in [3.63, 3.8) is 0 Å². The second kappa shape index (κ2) is 8.40. The molecule has 1 aliphatic heterocycles. The molecule has 35 heavy (non-hydrogen) atoms. The quantitative estimate of drug-likeness (QED) is 0.349. The van der Waals surface area contributed by atoms with E-state index in [2.05, 4.69) is 48.9 Å². The third kappa shape index (κ3) is 4.11. The number of fused-ring (bicyclic) bond motifs is 2. The highest BCUT2D eigenvalue weighted by Gasteiger charge is 2.18. The van der Waals surface area contributed by atoms with Gasteiger partial charge in [0, 0.05) is 37.3 Å². The summed E-state index contributed by atoms with van der Waals surface area (Å²) < 4.78 is 28.0. The maximum atomic E-state index is 12.7. The molecule has 3 aromatic carbocycles. The van der Waals surface area contributed by atoms with Gasteiger partial charge in [0.25, 0.3) is 10.0 Å². The van der Waals surface area contributed by atoms with Crippen LogP contribution in [0, 0.1) is 0 Å². The summed E-state index contributed by atoms with van der Waals surface area (Å²) in [5, 5.41) is 8.32. The van der Waals surface area contributed by atoms with E-state index in [-0.39, 0.29) is 4.90 Å². The van der Waals surface area contributed by atoms with E-state index in [1.165, 1.54) is 5.69 Å². The number of piperazine rings is 1. The Morgan fingerprint density at radius 1 is 0.914 bits per heavy atom. The van der Waals surface area contributed by atoms with Crippen LogP contribution in [-0.2, 0) is 10.0 Å². The smallest absolute Gasteiger partial charge is 0.261 e. The molecule has 0 aliphatic carbocycles. The Bertz CT molecular complexity index is 1620. The lowest BCUT2D eigenvalue weighted by Crippen LogP contribution is -2.44. The number of imidazole rings is 1. The zero-order valence-electron chi connectivity index (χ0n) is 19.2. The Hall–Kier alpha value is -3.89. The first-order valence-corrected chi connectivity index (χ1v) is 12.9. The van der Waals surface area contributed by atoms with Crippen molar-refractivity contribution >= 4 is 43.3 Å². The van der Waals surface area contributed by atoms with Crippen LogP contribution >= 0.6 is 0 Å². The van der Waals surface area contributed by atoms with Gasteiger partial charge >= 0.3 is 0 Å². The maximum Gasteiger partial charge on any atom is 0.261 e. The average Bonchev–Trinajstić information content (AvgIpc) is 3.48. The number of likely N-dealkylation sites (N-methyl/N-ethyl adjacent to an activating group) is 1. The highest BCUT2D eigenvalue weighted by Crippen LogP contribution is 2.30. The van der Waals surface area contributed by atoms with Crippen LogP contribution in [0.5, 0.6) is 0 Å². The van der Waals surface area contributed by atoms with Crippen molar-refractivity contribution in [3.05, 3.63) is 66.7 Å². The summed E-state index contributed by atoms with van der Waals surface area (Å²) in [4.78, 5) is 13.1. The van der Waals surface area contributed by atoms with Crippen molar-refractivity contribution < 1.29 is 8.42 Å². The topological polar surface area (TPSA) is 110 Å². The molecule has 1 fully saturated rings. The van der Waals surface area contributed by atoms with Gasteiger partial charge in [-0.05, 0) is 55.6 Å². The standard InChI is InChI=1S/C25H25N7O2S/c1-31-11-13-32(14-12-31)18-8-10-21-23(16-18)27-25(26-21)24-20-9-7-17(15-22(20)28-29-24)30-35(33,34)19-5-3-2-4-6-19/h2-10,15-16,30H,11-14H2,1H3,(H,26,27)(H,28,29). The van der Waals surface area contributed by atoms with E-state index in [9.17, 15) is 8.42 Å². The van der Waals surface area contributed by atoms with E-state index in [1.807, 2.05) is 12.1 Å². The van der Waals surface area contributed by atoms with Crippen LogP contribution in [0.25, 0.3) is 33.5 Å². The minimum Gasteiger partial charge on any atom is -0.369 e. The number of benzene rings is 3. The fourth-order valence-electron chi connectivity index (χ4n) is 4.45. The van der Waals surface area contributed by atoms with E-state index >= 15 is 0 Å². The molecule has 1 aliphatic rings. The van der Waals surface area contributed by atoms with E-state index in [0.717, 1.165) is 42.6 Å². The molecular formula is C25H25N7O2S. The van der Waals surface area contributed by atoms with E-state index in [0.29, 0.717) is 22.7 Å². The van der Waals surface area contributed by atoms with Gasteiger partial charge in [-0.1, -0.05) is 18.2 Å². The SMILES string of the molecule is CN1CCN(c2ccc3nc(-c4n[nH]c5cc(NS(=O)(=O)c6ccccc6)ccc45)[nH]c3c2)CC1. The second-order valence-electron chi connectivity index (χ2n) is 8.83. The summed E-state index contributed by atoms with van der Waals surface area (Å²) >= 11 is 0. The van der Waals surface area contributed by atoms with Crippen molar-refractivity contribution in [1.29, 1.82) is 0 Å². The van der Waals surface area contributed by atoms with Gasteiger partial charge < -0.3 is 14.8 Å². The van der Waals surface area contributed by atoms with Crippen molar-refractivity contribution in [3.8, 4) is 11.5 Å². The average molecular weight is 488 g/mol. The molecule has 0 unspecified atom stereocenters.